The highest BCUT2D eigenvalue weighted by Gasteiger charge is 2.17. The number of para-hydroxylation sites is 1. The van der Waals surface area contributed by atoms with E-state index >= 15 is 0 Å². The van der Waals surface area contributed by atoms with Crippen LogP contribution in [0.25, 0.3) is 11.3 Å². The maximum absolute atomic E-state index is 12.8. The second-order valence-electron chi connectivity index (χ2n) is 9.08. The van der Waals surface area contributed by atoms with E-state index in [1.807, 2.05) is 41.8 Å². The minimum absolute atomic E-state index is 0.251. The van der Waals surface area contributed by atoms with Gasteiger partial charge in [0.05, 0.1) is 24.3 Å². The third kappa shape index (κ3) is 9.57. The zero-order valence-electron chi connectivity index (χ0n) is 21.3. The number of thiazole rings is 1. The smallest absolute Gasteiger partial charge is 0.233 e. The molecule has 0 aliphatic rings. The standard InChI is InChI=1S/C30H38N2O3S/c1-2-3-4-5-6-7-8-9-10-16-21-35-28-20-15-14-19-25(28)27(33)22-29(34)32-30-31-26(23-36-30)24-17-12-11-13-18-24/h11-15,17-20,23H,2-10,16,21-22H2,1H3,(H,31,32,34). The monoisotopic (exact) mass is 506 g/mol. The molecule has 0 saturated carbocycles. The number of carbonyl (C=O) groups is 2. The van der Waals surface area contributed by atoms with E-state index in [2.05, 4.69) is 17.2 Å². The van der Waals surface area contributed by atoms with Gasteiger partial charge in [-0.1, -0.05) is 107 Å². The van der Waals surface area contributed by atoms with Crippen molar-refractivity contribution in [2.75, 3.05) is 11.9 Å². The van der Waals surface area contributed by atoms with Gasteiger partial charge in [-0.3, -0.25) is 9.59 Å². The first-order valence-corrected chi connectivity index (χ1v) is 14.1. The van der Waals surface area contributed by atoms with Crippen molar-refractivity contribution in [3.8, 4) is 17.0 Å². The summed E-state index contributed by atoms with van der Waals surface area (Å²) in [7, 11) is 0. The summed E-state index contributed by atoms with van der Waals surface area (Å²) in [6, 6.07) is 16.9. The number of ether oxygens (including phenoxy) is 1. The molecule has 6 heteroatoms. The number of ketones is 1. The van der Waals surface area contributed by atoms with Crippen molar-refractivity contribution >= 4 is 28.2 Å². The zero-order valence-corrected chi connectivity index (χ0v) is 22.2. The van der Waals surface area contributed by atoms with E-state index in [1.165, 1.54) is 62.7 Å². The van der Waals surface area contributed by atoms with Gasteiger partial charge in [-0.25, -0.2) is 4.98 Å². The Bertz CT molecular complexity index is 1060. The van der Waals surface area contributed by atoms with E-state index < -0.39 is 0 Å². The molecule has 0 spiro atoms. The van der Waals surface area contributed by atoms with Gasteiger partial charge in [0.25, 0.3) is 0 Å². The lowest BCUT2D eigenvalue weighted by Gasteiger charge is -2.11. The summed E-state index contributed by atoms with van der Waals surface area (Å²) in [4.78, 5) is 29.8. The lowest BCUT2D eigenvalue weighted by atomic mass is 10.1. The summed E-state index contributed by atoms with van der Waals surface area (Å²) in [5, 5.41) is 5.13. The fraction of sp³-hybridized carbons (Fsp3) is 0.433. The van der Waals surface area contributed by atoms with Gasteiger partial charge in [0.2, 0.25) is 5.91 Å². The number of unbranched alkanes of at least 4 members (excludes halogenated alkanes) is 9. The molecule has 3 rings (SSSR count). The van der Waals surface area contributed by atoms with Gasteiger partial charge in [-0.05, 0) is 18.6 Å². The fourth-order valence-electron chi connectivity index (χ4n) is 4.07. The van der Waals surface area contributed by atoms with E-state index in [1.54, 1.807) is 18.2 Å². The SMILES string of the molecule is CCCCCCCCCCCCOc1ccccc1C(=O)CC(=O)Nc1nc(-c2ccccc2)cs1. The Morgan fingerprint density at radius 3 is 2.19 bits per heavy atom. The van der Waals surface area contributed by atoms with Gasteiger partial charge in [0, 0.05) is 10.9 Å². The molecule has 0 atom stereocenters. The Hall–Kier alpha value is -2.99. The molecule has 0 aliphatic heterocycles. The molecule has 0 aliphatic carbocycles. The number of carbonyl (C=O) groups excluding carboxylic acids is 2. The van der Waals surface area contributed by atoms with Crippen molar-refractivity contribution in [1.29, 1.82) is 0 Å². The summed E-state index contributed by atoms with van der Waals surface area (Å²) in [5.74, 6) is -0.0868. The average molecular weight is 507 g/mol. The summed E-state index contributed by atoms with van der Waals surface area (Å²) < 4.78 is 5.92. The van der Waals surface area contributed by atoms with E-state index in [0.29, 0.717) is 23.1 Å². The number of rotatable bonds is 17. The Morgan fingerprint density at radius 2 is 1.47 bits per heavy atom. The number of aromatic nitrogens is 1. The van der Waals surface area contributed by atoms with E-state index in [0.717, 1.165) is 24.1 Å². The average Bonchev–Trinajstić information content (AvgIpc) is 3.36. The quantitative estimate of drug-likeness (QED) is 0.113. The second kappa shape index (κ2) is 15.9. The molecular formula is C30H38N2O3S. The molecule has 0 saturated heterocycles. The molecule has 0 radical (unpaired) electrons. The number of nitrogens with one attached hydrogen (secondary N) is 1. The summed E-state index contributed by atoms with van der Waals surface area (Å²) >= 11 is 1.34. The van der Waals surface area contributed by atoms with Crippen LogP contribution in [-0.4, -0.2) is 23.3 Å². The zero-order chi connectivity index (χ0) is 25.4. The summed E-state index contributed by atoms with van der Waals surface area (Å²) in [6.45, 7) is 2.83. The van der Waals surface area contributed by atoms with E-state index in [-0.39, 0.29) is 18.1 Å². The third-order valence-electron chi connectivity index (χ3n) is 6.08. The van der Waals surface area contributed by atoms with Crippen molar-refractivity contribution in [3.63, 3.8) is 0 Å². The number of anilines is 1. The molecule has 1 heterocycles. The van der Waals surface area contributed by atoms with E-state index in [4.69, 9.17) is 4.74 Å². The first-order valence-electron chi connectivity index (χ1n) is 13.2. The summed E-state index contributed by atoms with van der Waals surface area (Å²) in [5.41, 5.74) is 2.23. The molecule has 0 bridgehead atoms. The van der Waals surface area contributed by atoms with Crippen molar-refractivity contribution in [2.45, 2.75) is 77.6 Å². The van der Waals surface area contributed by atoms with Crippen molar-refractivity contribution in [2.24, 2.45) is 0 Å². The predicted octanol–water partition coefficient (Wildman–Crippen LogP) is 8.32. The number of hydrogen-bond donors (Lipinski definition) is 1. The van der Waals surface area contributed by atoms with Gasteiger partial charge in [-0.2, -0.15) is 0 Å². The third-order valence-corrected chi connectivity index (χ3v) is 6.84. The molecule has 0 unspecified atom stereocenters. The number of Topliss-reactive ketones (excluding diaryl/α,β-unsaturated/α-hetero) is 1. The lowest BCUT2D eigenvalue weighted by molar-refractivity contribution is -0.115. The molecular weight excluding hydrogens is 468 g/mol. The second-order valence-corrected chi connectivity index (χ2v) is 9.94. The molecule has 192 valence electrons. The Labute approximate surface area is 219 Å². The maximum Gasteiger partial charge on any atom is 0.233 e. The molecule has 2 aromatic carbocycles. The number of hydrogen-bond acceptors (Lipinski definition) is 5. The number of benzene rings is 2. The predicted molar refractivity (Wildman–Crippen MR) is 149 cm³/mol. The van der Waals surface area contributed by atoms with Crippen LogP contribution in [0.2, 0.25) is 0 Å². The topological polar surface area (TPSA) is 68.3 Å². The fourth-order valence-corrected chi connectivity index (χ4v) is 4.81. The first-order chi connectivity index (χ1) is 17.7. The van der Waals surface area contributed by atoms with Crippen LogP contribution in [-0.2, 0) is 4.79 Å². The highest BCUT2D eigenvalue weighted by atomic mass is 32.1. The van der Waals surface area contributed by atoms with Gasteiger partial charge >= 0.3 is 0 Å². The Morgan fingerprint density at radius 1 is 0.833 bits per heavy atom. The molecule has 1 N–H and O–H groups in total. The van der Waals surface area contributed by atoms with Crippen molar-refractivity contribution < 1.29 is 14.3 Å². The van der Waals surface area contributed by atoms with Crippen LogP contribution in [0.4, 0.5) is 5.13 Å². The normalized spacial score (nSPS) is 10.8. The minimum atomic E-state index is -0.376. The highest BCUT2D eigenvalue weighted by Crippen LogP contribution is 2.25. The Balaban J connectivity index is 1.38. The van der Waals surface area contributed by atoms with Gasteiger partial charge in [0.15, 0.2) is 10.9 Å². The van der Waals surface area contributed by atoms with Crippen LogP contribution in [0.3, 0.4) is 0 Å². The molecule has 5 nitrogen and oxygen atoms in total. The number of amides is 1. The van der Waals surface area contributed by atoms with E-state index in [9.17, 15) is 9.59 Å². The lowest BCUT2D eigenvalue weighted by Crippen LogP contribution is -2.17. The highest BCUT2D eigenvalue weighted by molar-refractivity contribution is 7.14. The van der Waals surface area contributed by atoms with Crippen molar-refractivity contribution in [3.05, 3.63) is 65.5 Å². The van der Waals surface area contributed by atoms with Crippen LogP contribution >= 0.6 is 11.3 Å². The van der Waals surface area contributed by atoms with Crippen molar-refractivity contribution in [1.82, 2.24) is 4.98 Å². The van der Waals surface area contributed by atoms with Crippen LogP contribution in [0.1, 0.15) is 87.9 Å². The first kappa shape index (κ1) is 27.6. The molecule has 3 aromatic rings. The van der Waals surface area contributed by atoms with Gasteiger partial charge < -0.3 is 10.1 Å². The maximum atomic E-state index is 12.8. The van der Waals surface area contributed by atoms with Crippen LogP contribution < -0.4 is 10.1 Å². The summed E-state index contributed by atoms with van der Waals surface area (Å²) in [6.07, 6.45) is 12.4. The van der Waals surface area contributed by atoms with Crippen LogP contribution in [0.5, 0.6) is 5.75 Å². The van der Waals surface area contributed by atoms with Gasteiger partial charge in [-0.15, -0.1) is 11.3 Å². The minimum Gasteiger partial charge on any atom is -0.493 e. The molecule has 1 amide bonds. The Kier molecular flexibility index (Phi) is 12.2. The van der Waals surface area contributed by atoms with Crippen LogP contribution in [0.15, 0.2) is 60.0 Å². The largest absolute Gasteiger partial charge is 0.493 e. The molecule has 36 heavy (non-hydrogen) atoms. The number of nitrogens with zero attached hydrogens (tertiary/aromatic N) is 1. The van der Waals surface area contributed by atoms with Gasteiger partial charge in [0.1, 0.15) is 5.75 Å². The van der Waals surface area contributed by atoms with Crippen LogP contribution in [0, 0.1) is 0 Å². The molecule has 0 fully saturated rings. The molecule has 1 aromatic heterocycles.